The second kappa shape index (κ2) is 6.55. The van der Waals surface area contributed by atoms with E-state index in [0.717, 1.165) is 5.56 Å². The average Bonchev–Trinajstić information content (AvgIpc) is 2.40. The highest BCUT2D eigenvalue weighted by Gasteiger charge is 2.06. The zero-order valence-electron chi connectivity index (χ0n) is 10.3. The summed E-state index contributed by atoms with van der Waals surface area (Å²) in [6.45, 7) is 0.182. The van der Waals surface area contributed by atoms with Crippen LogP contribution >= 0.6 is 11.6 Å². The van der Waals surface area contributed by atoms with Crippen LogP contribution in [0.4, 0.5) is 4.39 Å². The molecule has 0 saturated heterocycles. The molecule has 1 N–H and O–H groups in total. The van der Waals surface area contributed by atoms with Crippen molar-refractivity contribution in [1.29, 1.82) is 0 Å². The summed E-state index contributed by atoms with van der Waals surface area (Å²) in [6, 6.07) is 11.9. The third-order valence-corrected chi connectivity index (χ3v) is 2.99. The lowest BCUT2D eigenvalue weighted by Gasteiger charge is -2.11. The predicted molar refractivity (Wildman–Crippen MR) is 73.0 cm³/mol. The molecule has 19 heavy (non-hydrogen) atoms. The molecule has 0 aromatic heterocycles. The molecular weight excluding hydrogens is 267 g/mol. The van der Waals surface area contributed by atoms with Gasteiger partial charge in [-0.2, -0.15) is 0 Å². The number of aliphatic hydroxyl groups excluding tert-OH is 1. The first kappa shape index (κ1) is 13.8. The number of hydrogen-bond acceptors (Lipinski definition) is 2. The minimum Gasteiger partial charge on any atom is -0.489 e. The lowest BCUT2D eigenvalue weighted by atomic mass is 10.1. The van der Waals surface area contributed by atoms with Crippen molar-refractivity contribution in [2.24, 2.45) is 0 Å². The molecule has 2 aromatic rings. The van der Waals surface area contributed by atoms with E-state index in [4.69, 9.17) is 21.4 Å². The Kier molecular flexibility index (Phi) is 4.77. The summed E-state index contributed by atoms with van der Waals surface area (Å²) in [5, 5.41) is 9.34. The van der Waals surface area contributed by atoms with Crippen LogP contribution in [0.15, 0.2) is 42.5 Å². The SMILES string of the molecule is OCCc1ccccc1OCc1ccc(Cl)cc1F. The molecule has 0 amide bonds. The van der Waals surface area contributed by atoms with Crippen molar-refractivity contribution in [2.75, 3.05) is 6.61 Å². The molecule has 4 heteroatoms. The third-order valence-electron chi connectivity index (χ3n) is 2.75. The molecule has 0 aliphatic heterocycles. The standard InChI is InChI=1S/C15H14ClFO2/c16-13-6-5-12(14(17)9-13)10-19-15-4-2-1-3-11(15)7-8-18/h1-6,9,18H,7-8,10H2. The zero-order chi connectivity index (χ0) is 13.7. The number of aliphatic hydroxyl groups is 1. The third kappa shape index (κ3) is 3.69. The molecule has 100 valence electrons. The summed E-state index contributed by atoms with van der Waals surface area (Å²) < 4.78 is 19.2. The van der Waals surface area contributed by atoms with Gasteiger partial charge in [-0.3, -0.25) is 0 Å². The van der Waals surface area contributed by atoms with E-state index in [-0.39, 0.29) is 19.0 Å². The van der Waals surface area contributed by atoms with E-state index < -0.39 is 0 Å². The Morgan fingerprint density at radius 2 is 1.89 bits per heavy atom. The van der Waals surface area contributed by atoms with Crippen LogP contribution in [0.25, 0.3) is 0 Å². The van der Waals surface area contributed by atoms with Gasteiger partial charge in [-0.15, -0.1) is 0 Å². The van der Waals surface area contributed by atoms with E-state index in [2.05, 4.69) is 0 Å². The summed E-state index contributed by atoms with van der Waals surface area (Å²) in [5.41, 5.74) is 1.35. The number of para-hydroxylation sites is 1. The minimum absolute atomic E-state index is 0.0513. The number of halogens is 2. The zero-order valence-corrected chi connectivity index (χ0v) is 11.0. The van der Waals surface area contributed by atoms with Crippen LogP contribution in [-0.4, -0.2) is 11.7 Å². The maximum absolute atomic E-state index is 13.6. The molecule has 0 aliphatic rings. The summed E-state index contributed by atoms with van der Waals surface area (Å²) >= 11 is 5.69. The second-order valence-corrected chi connectivity index (χ2v) is 4.54. The van der Waals surface area contributed by atoms with Gasteiger partial charge in [-0.1, -0.05) is 35.9 Å². The summed E-state index contributed by atoms with van der Waals surface area (Å²) in [5.74, 6) is 0.276. The molecule has 0 bridgehead atoms. The highest BCUT2D eigenvalue weighted by atomic mass is 35.5. The highest BCUT2D eigenvalue weighted by molar-refractivity contribution is 6.30. The normalized spacial score (nSPS) is 10.5. The van der Waals surface area contributed by atoms with Crippen molar-refractivity contribution in [3.63, 3.8) is 0 Å². The fourth-order valence-corrected chi connectivity index (χ4v) is 1.92. The van der Waals surface area contributed by atoms with Crippen LogP contribution < -0.4 is 4.74 Å². The van der Waals surface area contributed by atoms with Gasteiger partial charge in [0.1, 0.15) is 18.2 Å². The van der Waals surface area contributed by atoms with Gasteiger partial charge < -0.3 is 9.84 Å². The quantitative estimate of drug-likeness (QED) is 0.907. The van der Waals surface area contributed by atoms with Crippen LogP contribution in [0.1, 0.15) is 11.1 Å². The van der Waals surface area contributed by atoms with Crippen LogP contribution in [0.3, 0.4) is 0 Å². The van der Waals surface area contributed by atoms with E-state index in [9.17, 15) is 4.39 Å². The van der Waals surface area contributed by atoms with E-state index >= 15 is 0 Å². The van der Waals surface area contributed by atoms with E-state index in [0.29, 0.717) is 22.8 Å². The monoisotopic (exact) mass is 280 g/mol. The Morgan fingerprint density at radius 1 is 1.11 bits per heavy atom. The van der Waals surface area contributed by atoms with E-state index in [1.807, 2.05) is 18.2 Å². The largest absolute Gasteiger partial charge is 0.489 e. The number of rotatable bonds is 5. The van der Waals surface area contributed by atoms with Crippen LogP contribution in [-0.2, 0) is 13.0 Å². The highest BCUT2D eigenvalue weighted by Crippen LogP contribution is 2.21. The van der Waals surface area contributed by atoms with Gasteiger partial charge in [0, 0.05) is 17.2 Å². The summed E-state index contributed by atoms with van der Waals surface area (Å²) in [7, 11) is 0. The summed E-state index contributed by atoms with van der Waals surface area (Å²) in [6.07, 6.45) is 0.513. The van der Waals surface area contributed by atoms with Crippen molar-refractivity contribution in [1.82, 2.24) is 0 Å². The number of ether oxygens (including phenoxy) is 1. The van der Waals surface area contributed by atoms with Crippen molar-refractivity contribution in [2.45, 2.75) is 13.0 Å². The molecule has 2 aromatic carbocycles. The topological polar surface area (TPSA) is 29.5 Å². The van der Waals surface area contributed by atoms with E-state index in [1.54, 1.807) is 18.2 Å². The van der Waals surface area contributed by atoms with Crippen molar-refractivity contribution in [3.05, 3.63) is 64.4 Å². The Balaban J connectivity index is 2.10. The smallest absolute Gasteiger partial charge is 0.131 e. The van der Waals surface area contributed by atoms with Gasteiger partial charge in [-0.05, 0) is 30.2 Å². The molecule has 0 aliphatic carbocycles. The Bertz CT molecular complexity index is 558. The van der Waals surface area contributed by atoms with Crippen LogP contribution in [0, 0.1) is 5.82 Å². The molecular formula is C15H14ClFO2. The molecule has 0 saturated carbocycles. The van der Waals surface area contributed by atoms with Gasteiger partial charge in [0.05, 0.1) is 0 Å². The molecule has 0 heterocycles. The second-order valence-electron chi connectivity index (χ2n) is 4.11. The van der Waals surface area contributed by atoms with Crippen molar-refractivity contribution < 1.29 is 14.2 Å². The molecule has 2 nitrogen and oxygen atoms in total. The molecule has 0 spiro atoms. The lowest BCUT2D eigenvalue weighted by molar-refractivity contribution is 0.281. The van der Waals surface area contributed by atoms with Crippen LogP contribution in [0.5, 0.6) is 5.75 Å². The molecule has 0 atom stereocenters. The van der Waals surface area contributed by atoms with Gasteiger partial charge >= 0.3 is 0 Å². The maximum Gasteiger partial charge on any atom is 0.131 e. The molecule has 2 rings (SSSR count). The first-order valence-corrected chi connectivity index (χ1v) is 6.34. The van der Waals surface area contributed by atoms with E-state index in [1.165, 1.54) is 6.07 Å². The maximum atomic E-state index is 13.6. The predicted octanol–water partition coefficient (Wildman–Crippen LogP) is 3.59. The van der Waals surface area contributed by atoms with Gasteiger partial charge in [0.15, 0.2) is 0 Å². The molecule has 0 radical (unpaired) electrons. The fraction of sp³-hybridized carbons (Fsp3) is 0.200. The first-order valence-electron chi connectivity index (χ1n) is 5.96. The first-order chi connectivity index (χ1) is 9.20. The minimum atomic E-state index is -0.382. The average molecular weight is 281 g/mol. The Labute approximate surface area is 116 Å². The van der Waals surface area contributed by atoms with Gasteiger partial charge in [0.2, 0.25) is 0 Å². The van der Waals surface area contributed by atoms with Crippen molar-refractivity contribution in [3.8, 4) is 5.75 Å². The van der Waals surface area contributed by atoms with Crippen LogP contribution in [0.2, 0.25) is 5.02 Å². The Hall–Kier alpha value is -1.58. The number of benzene rings is 2. The molecule has 0 unspecified atom stereocenters. The van der Waals surface area contributed by atoms with Gasteiger partial charge in [-0.25, -0.2) is 4.39 Å². The summed E-state index contributed by atoms with van der Waals surface area (Å²) in [4.78, 5) is 0. The number of hydrogen-bond donors (Lipinski definition) is 1. The molecule has 0 fully saturated rings. The van der Waals surface area contributed by atoms with Crippen molar-refractivity contribution >= 4 is 11.6 Å². The van der Waals surface area contributed by atoms with Gasteiger partial charge in [0.25, 0.3) is 0 Å². The lowest BCUT2D eigenvalue weighted by Crippen LogP contribution is -2.01. The fourth-order valence-electron chi connectivity index (χ4n) is 1.77. The Morgan fingerprint density at radius 3 is 2.63 bits per heavy atom.